The van der Waals surface area contributed by atoms with Gasteiger partial charge in [-0.25, -0.2) is 17.4 Å². The number of rotatable bonds is 8. The monoisotopic (exact) mass is 583 g/mol. The van der Waals surface area contributed by atoms with Crippen LogP contribution in [-0.4, -0.2) is 50.9 Å². The summed E-state index contributed by atoms with van der Waals surface area (Å²) in [5.74, 6) is -0.729. The summed E-state index contributed by atoms with van der Waals surface area (Å²) < 4.78 is 85.6. The maximum absolute atomic E-state index is 14.1. The third-order valence-electron chi connectivity index (χ3n) is 8.46. The summed E-state index contributed by atoms with van der Waals surface area (Å²) in [7, 11) is -6.27. The number of imidazole rings is 1. The molecule has 0 spiro atoms. The van der Waals surface area contributed by atoms with Crippen LogP contribution in [-0.2, 0) is 31.4 Å². The van der Waals surface area contributed by atoms with Crippen LogP contribution < -0.4 is 4.74 Å². The van der Waals surface area contributed by atoms with E-state index < -0.39 is 50.2 Å². The number of hydrogen-bond acceptors (Lipinski definition) is 7. The number of carbonyl (C=O) groups excluding carboxylic acids is 1. The van der Waals surface area contributed by atoms with Crippen LogP contribution in [0.25, 0.3) is 11.0 Å². The van der Waals surface area contributed by atoms with Crippen molar-refractivity contribution >= 4 is 37.6 Å². The lowest BCUT2D eigenvalue weighted by atomic mass is 9.70. The van der Waals surface area contributed by atoms with Crippen LogP contribution in [0.5, 0.6) is 5.75 Å². The summed E-state index contributed by atoms with van der Waals surface area (Å²) in [6, 6.07) is 7.76. The highest BCUT2D eigenvalue weighted by atomic mass is 32.2. The average Bonchev–Trinajstić information content (AvgIpc) is 3.41. The fourth-order valence-corrected chi connectivity index (χ4v) is 9.99. The molecule has 0 aliphatic heterocycles. The molecule has 2 unspecified atom stereocenters. The molecule has 2 fully saturated rings. The number of ether oxygens (including phenoxy) is 1. The molecular weight excluding hydrogens is 555 g/mol. The number of hydrogen-bond donors (Lipinski definition) is 0. The molecule has 2 saturated carbocycles. The van der Waals surface area contributed by atoms with E-state index in [1.807, 2.05) is 13.8 Å². The van der Waals surface area contributed by atoms with Gasteiger partial charge in [0.1, 0.15) is 11.5 Å². The number of pyridine rings is 1. The van der Waals surface area contributed by atoms with E-state index in [0.717, 1.165) is 10.4 Å². The highest BCUT2D eigenvalue weighted by Crippen LogP contribution is 2.64. The topological polar surface area (TPSA) is 108 Å². The van der Waals surface area contributed by atoms with Crippen molar-refractivity contribution in [1.82, 2.24) is 13.9 Å². The Morgan fingerprint density at radius 1 is 1.21 bits per heavy atom. The summed E-state index contributed by atoms with van der Waals surface area (Å²) in [5, 5.41) is -0.229. The molecule has 210 valence electrons. The van der Waals surface area contributed by atoms with E-state index in [4.69, 9.17) is 4.74 Å². The molecule has 3 atom stereocenters. The van der Waals surface area contributed by atoms with Gasteiger partial charge in [-0.05, 0) is 49.3 Å². The Balaban J connectivity index is 1.52. The first-order valence-electron chi connectivity index (χ1n) is 12.4. The Labute approximate surface area is 226 Å². The fourth-order valence-electron chi connectivity index (χ4n) is 6.09. The van der Waals surface area contributed by atoms with Gasteiger partial charge in [-0.15, -0.1) is 0 Å². The Hall–Kier alpha value is -2.80. The van der Waals surface area contributed by atoms with E-state index in [-0.39, 0.29) is 45.1 Å². The zero-order chi connectivity index (χ0) is 28.4. The Bertz CT molecular complexity index is 1600. The minimum atomic E-state index is -4.54. The number of halogens is 3. The van der Waals surface area contributed by atoms with Crippen LogP contribution in [0, 0.1) is 23.7 Å². The van der Waals surface area contributed by atoms with Gasteiger partial charge in [0.15, 0.2) is 6.61 Å². The summed E-state index contributed by atoms with van der Waals surface area (Å²) >= 11 is 0. The van der Waals surface area contributed by atoms with Crippen LogP contribution >= 0.6 is 0 Å². The second-order valence-electron chi connectivity index (χ2n) is 10.8. The van der Waals surface area contributed by atoms with Gasteiger partial charge in [0.2, 0.25) is 15.2 Å². The largest absolute Gasteiger partial charge is 0.484 e. The fraction of sp³-hybridized carbons (Fsp3) is 0.500. The molecule has 0 N–H and O–H groups in total. The SMILES string of the molecule is Cc1c(OCC(F)(F)F)ccnc1C[S@@](=O)c1nc2ccccc2n1S(=O)(=O)CC12CCC(CC1=O)C2(C)C. The number of alkyl halides is 3. The van der Waals surface area contributed by atoms with Gasteiger partial charge in [-0.3, -0.25) is 14.0 Å². The number of benzene rings is 1. The van der Waals surface area contributed by atoms with Gasteiger partial charge in [0, 0.05) is 18.2 Å². The van der Waals surface area contributed by atoms with E-state index in [0.29, 0.717) is 18.4 Å². The predicted molar refractivity (Wildman–Crippen MR) is 138 cm³/mol. The van der Waals surface area contributed by atoms with Gasteiger partial charge in [0.25, 0.3) is 0 Å². The van der Waals surface area contributed by atoms with Crippen molar-refractivity contribution in [3.63, 3.8) is 0 Å². The molecule has 2 aliphatic carbocycles. The summed E-state index contributed by atoms with van der Waals surface area (Å²) in [6.45, 7) is 3.89. The van der Waals surface area contributed by atoms with Gasteiger partial charge in [0.05, 0.1) is 44.4 Å². The first-order chi connectivity index (χ1) is 18.2. The number of fused-ring (bicyclic) bond motifs is 3. The van der Waals surface area contributed by atoms with Crippen LogP contribution in [0.3, 0.4) is 0 Å². The zero-order valence-corrected chi connectivity index (χ0v) is 23.3. The lowest BCUT2D eigenvalue weighted by molar-refractivity contribution is -0.153. The smallest absolute Gasteiger partial charge is 0.422 e. The van der Waals surface area contributed by atoms with Crippen LogP contribution in [0.15, 0.2) is 41.7 Å². The highest BCUT2D eigenvalue weighted by molar-refractivity contribution is 7.91. The second-order valence-corrected chi connectivity index (χ2v) is 14.0. The quantitative estimate of drug-likeness (QED) is 0.383. The number of carbonyl (C=O) groups is 1. The maximum atomic E-state index is 14.1. The van der Waals surface area contributed by atoms with Crippen molar-refractivity contribution < 1.29 is 35.3 Å². The summed E-state index contributed by atoms with van der Waals surface area (Å²) in [4.78, 5) is 21.6. The molecule has 13 heteroatoms. The standard InChI is InChI=1S/C26H28F3N3O5S2/c1-16-19(30-11-9-21(16)37-14-26(27,28)29)13-38(34)23-31-18-6-4-5-7-20(18)32(23)39(35,36)15-25-10-8-17(12-22(25)33)24(25,2)3/h4-7,9,11,17H,8,10,12-15H2,1-3H3/t17?,25?,38-/m1/s1. The van der Waals surface area contributed by atoms with Crippen molar-refractivity contribution in [3.8, 4) is 5.75 Å². The predicted octanol–water partition coefficient (Wildman–Crippen LogP) is 4.56. The number of nitrogens with zero attached hydrogens (tertiary/aromatic N) is 3. The van der Waals surface area contributed by atoms with Crippen LogP contribution in [0.4, 0.5) is 13.2 Å². The van der Waals surface area contributed by atoms with Crippen LogP contribution in [0.1, 0.15) is 44.4 Å². The highest BCUT2D eigenvalue weighted by Gasteiger charge is 2.65. The van der Waals surface area contributed by atoms with Gasteiger partial charge in [-0.1, -0.05) is 26.0 Å². The molecule has 0 saturated heterocycles. The van der Waals surface area contributed by atoms with Gasteiger partial charge >= 0.3 is 6.18 Å². The van der Waals surface area contributed by atoms with Crippen molar-refractivity contribution in [2.24, 2.45) is 16.7 Å². The maximum Gasteiger partial charge on any atom is 0.422 e. The third kappa shape index (κ3) is 4.66. The second kappa shape index (κ2) is 9.39. The van der Waals surface area contributed by atoms with Crippen molar-refractivity contribution in [1.29, 1.82) is 0 Å². The number of aromatic nitrogens is 3. The number of Topliss-reactive ketones (excluding diaryl/α,β-unsaturated/α-hetero) is 1. The zero-order valence-electron chi connectivity index (χ0n) is 21.6. The van der Waals surface area contributed by atoms with Crippen molar-refractivity contribution in [3.05, 3.63) is 47.8 Å². The first kappa shape index (κ1) is 27.8. The molecule has 2 aliphatic rings. The molecule has 5 rings (SSSR count). The molecule has 2 heterocycles. The van der Waals surface area contributed by atoms with Gasteiger partial charge in [-0.2, -0.15) is 13.2 Å². The number of ketones is 1. The molecule has 8 nitrogen and oxygen atoms in total. The lowest BCUT2D eigenvalue weighted by Gasteiger charge is -2.36. The summed E-state index contributed by atoms with van der Waals surface area (Å²) in [6.07, 6.45) is -1.69. The Morgan fingerprint density at radius 2 is 1.92 bits per heavy atom. The summed E-state index contributed by atoms with van der Waals surface area (Å²) in [5.41, 5.74) is -0.534. The molecule has 0 radical (unpaired) electrons. The molecule has 3 aromatic rings. The normalized spacial score (nSPS) is 23.4. The molecule has 39 heavy (non-hydrogen) atoms. The first-order valence-corrected chi connectivity index (χ1v) is 15.4. The molecule has 2 aromatic heterocycles. The van der Waals surface area contributed by atoms with Crippen molar-refractivity contribution in [2.75, 3.05) is 12.4 Å². The molecule has 0 amide bonds. The Morgan fingerprint density at radius 3 is 2.56 bits per heavy atom. The van der Waals surface area contributed by atoms with Gasteiger partial charge < -0.3 is 4.74 Å². The van der Waals surface area contributed by atoms with Crippen molar-refractivity contribution in [2.45, 2.75) is 57.1 Å². The third-order valence-corrected chi connectivity index (χ3v) is 11.6. The number of para-hydroxylation sites is 2. The van der Waals surface area contributed by atoms with E-state index in [1.165, 1.54) is 19.2 Å². The Kier molecular flexibility index (Phi) is 6.69. The lowest BCUT2D eigenvalue weighted by Crippen LogP contribution is -2.43. The molecule has 2 bridgehead atoms. The van der Waals surface area contributed by atoms with E-state index in [2.05, 4.69) is 9.97 Å². The minimum Gasteiger partial charge on any atom is -0.484 e. The average molecular weight is 584 g/mol. The van der Waals surface area contributed by atoms with E-state index in [1.54, 1.807) is 24.3 Å². The van der Waals surface area contributed by atoms with E-state index >= 15 is 0 Å². The molecule has 1 aromatic carbocycles. The molecular formula is C26H28F3N3O5S2. The van der Waals surface area contributed by atoms with Crippen LogP contribution in [0.2, 0.25) is 0 Å². The minimum absolute atomic E-state index is 0.0603. The van der Waals surface area contributed by atoms with E-state index in [9.17, 15) is 30.6 Å².